The van der Waals surface area contributed by atoms with Crippen molar-refractivity contribution >= 4 is 25.9 Å². The van der Waals surface area contributed by atoms with Crippen molar-refractivity contribution in [2.75, 3.05) is 0 Å². The summed E-state index contributed by atoms with van der Waals surface area (Å²) in [4.78, 5) is 13.1. The average Bonchev–Trinajstić information content (AvgIpc) is 2.64. The maximum absolute atomic E-state index is 12.2. The number of ketones is 1. The molecule has 4 heteroatoms. The van der Waals surface area contributed by atoms with Gasteiger partial charge < -0.3 is 4.43 Å². The molecule has 2 nitrogen and oxygen atoms in total. The Morgan fingerprint density at radius 3 is 2.57 bits per heavy atom. The third-order valence-electron chi connectivity index (χ3n) is 4.54. The fourth-order valence-corrected chi connectivity index (χ4v) is 4.53. The molecule has 0 bridgehead atoms. The van der Waals surface area contributed by atoms with Crippen LogP contribution in [0.5, 0.6) is 0 Å². The molecule has 0 saturated heterocycles. The number of carbonyl (C=O) groups excluding carboxylic acids is 1. The van der Waals surface area contributed by atoms with E-state index in [4.69, 9.17) is 4.43 Å². The van der Waals surface area contributed by atoms with Crippen LogP contribution in [0.4, 0.5) is 0 Å². The molecule has 0 aliphatic heterocycles. The lowest BCUT2D eigenvalue weighted by atomic mass is 10.2. The van der Waals surface area contributed by atoms with Crippen molar-refractivity contribution in [2.24, 2.45) is 0 Å². The molecule has 1 rings (SSSR count). The van der Waals surface area contributed by atoms with E-state index >= 15 is 0 Å². The molecule has 122 valence electrons. The second-order valence-electron chi connectivity index (χ2n) is 7.65. The van der Waals surface area contributed by atoms with Crippen LogP contribution >= 0.6 is 11.8 Å². The Kier molecular flexibility index (Phi) is 6.75. The van der Waals surface area contributed by atoms with Gasteiger partial charge in [0.25, 0.3) is 0 Å². The monoisotopic (exact) mass is 328 g/mol. The molecule has 1 aliphatic carbocycles. The van der Waals surface area contributed by atoms with Crippen LogP contribution in [-0.4, -0.2) is 25.5 Å². The van der Waals surface area contributed by atoms with Crippen LogP contribution in [0.3, 0.4) is 0 Å². The first-order valence-electron chi connectivity index (χ1n) is 8.16. The molecule has 0 aromatic heterocycles. The number of unbranched alkanes of at least 4 members (excludes halogenated alkanes) is 1. The van der Waals surface area contributed by atoms with Gasteiger partial charge in [0.1, 0.15) is 0 Å². The highest BCUT2D eigenvalue weighted by atomic mass is 32.2. The SMILES string of the molecule is CCCCC(C)SC1=C[C@H](O[Si](C)(C)C(C)(C)C)CC1=O. The predicted molar refractivity (Wildman–Crippen MR) is 96.4 cm³/mol. The van der Waals surface area contributed by atoms with Gasteiger partial charge in [-0.1, -0.05) is 47.5 Å². The summed E-state index contributed by atoms with van der Waals surface area (Å²) < 4.78 is 6.35. The number of carbonyl (C=O) groups is 1. The van der Waals surface area contributed by atoms with E-state index in [9.17, 15) is 4.79 Å². The molecule has 0 saturated carbocycles. The summed E-state index contributed by atoms with van der Waals surface area (Å²) in [5.74, 6) is 0.270. The van der Waals surface area contributed by atoms with E-state index in [1.807, 2.05) is 0 Å². The number of allylic oxidation sites excluding steroid dienone is 1. The Morgan fingerprint density at radius 2 is 2.05 bits per heavy atom. The average molecular weight is 329 g/mol. The molecule has 0 spiro atoms. The molecule has 0 radical (unpaired) electrons. The maximum Gasteiger partial charge on any atom is 0.192 e. The minimum Gasteiger partial charge on any atom is -0.410 e. The first-order chi connectivity index (χ1) is 9.56. The molecular formula is C17H32O2SSi. The van der Waals surface area contributed by atoms with Crippen LogP contribution in [0.15, 0.2) is 11.0 Å². The molecule has 0 aromatic carbocycles. The van der Waals surface area contributed by atoms with E-state index in [-0.39, 0.29) is 16.9 Å². The largest absolute Gasteiger partial charge is 0.410 e. The van der Waals surface area contributed by atoms with Crippen LogP contribution in [0.1, 0.15) is 60.3 Å². The summed E-state index contributed by atoms with van der Waals surface area (Å²) in [7, 11) is -1.80. The second-order valence-corrected chi connectivity index (χ2v) is 13.9. The second kappa shape index (κ2) is 7.47. The van der Waals surface area contributed by atoms with Crippen molar-refractivity contribution in [1.29, 1.82) is 0 Å². The number of hydrogen-bond acceptors (Lipinski definition) is 3. The molecule has 0 N–H and O–H groups in total. The van der Waals surface area contributed by atoms with Gasteiger partial charge in [0.2, 0.25) is 0 Å². The van der Waals surface area contributed by atoms with Gasteiger partial charge >= 0.3 is 0 Å². The van der Waals surface area contributed by atoms with Gasteiger partial charge in [0.05, 0.1) is 6.10 Å². The summed E-state index contributed by atoms with van der Waals surface area (Å²) in [5, 5.41) is 0.709. The fraction of sp³-hybridized carbons (Fsp3) is 0.824. The van der Waals surface area contributed by atoms with Crippen LogP contribution in [0, 0.1) is 0 Å². The first-order valence-corrected chi connectivity index (χ1v) is 11.9. The highest BCUT2D eigenvalue weighted by Gasteiger charge is 2.40. The molecular weight excluding hydrogens is 296 g/mol. The minimum absolute atomic E-state index is 0.000679. The highest BCUT2D eigenvalue weighted by molar-refractivity contribution is 8.04. The van der Waals surface area contributed by atoms with Crippen LogP contribution < -0.4 is 0 Å². The van der Waals surface area contributed by atoms with Gasteiger partial charge in [-0.3, -0.25) is 4.79 Å². The van der Waals surface area contributed by atoms with Gasteiger partial charge in [0.15, 0.2) is 14.1 Å². The Bertz CT molecular complexity index is 396. The zero-order chi connectivity index (χ0) is 16.3. The summed E-state index contributed by atoms with van der Waals surface area (Å²) in [5.41, 5.74) is 0. The predicted octanol–water partition coefficient (Wildman–Crippen LogP) is 5.55. The number of rotatable bonds is 7. The normalized spacial score (nSPS) is 21.6. The van der Waals surface area contributed by atoms with Crippen molar-refractivity contribution < 1.29 is 9.22 Å². The lowest BCUT2D eigenvalue weighted by molar-refractivity contribution is -0.115. The van der Waals surface area contributed by atoms with Crippen LogP contribution in [0.2, 0.25) is 18.1 Å². The molecule has 2 atom stereocenters. The topological polar surface area (TPSA) is 26.3 Å². The Labute approximate surface area is 136 Å². The van der Waals surface area contributed by atoms with Gasteiger partial charge in [-0.15, -0.1) is 11.8 Å². The van der Waals surface area contributed by atoms with E-state index in [0.717, 1.165) is 4.91 Å². The molecule has 0 heterocycles. The van der Waals surface area contributed by atoms with Crippen molar-refractivity contribution in [3.05, 3.63) is 11.0 Å². The molecule has 0 aromatic rings. The summed E-state index contributed by atoms with van der Waals surface area (Å²) in [6, 6.07) is 0. The summed E-state index contributed by atoms with van der Waals surface area (Å²) in [6.07, 6.45) is 6.25. The first kappa shape index (κ1) is 19.0. The molecule has 1 aliphatic rings. The lowest BCUT2D eigenvalue weighted by Gasteiger charge is -2.37. The fourth-order valence-electron chi connectivity index (χ4n) is 2.11. The van der Waals surface area contributed by atoms with Crippen LogP contribution in [-0.2, 0) is 9.22 Å². The number of hydrogen-bond donors (Lipinski definition) is 0. The van der Waals surface area contributed by atoms with E-state index in [0.29, 0.717) is 11.7 Å². The molecule has 0 amide bonds. The standard InChI is InChI=1S/C17H32O2SSi/c1-8-9-10-13(2)20-16-12-14(11-15(16)18)19-21(6,7)17(3,4)5/h12-14H,8-11H2,1-7H3/t13?,14-/m1/s1. The van der Waals surface area contributed by atoms with Gasteiger partial charge in [-0.05, 0) is 30.6 Å². The van der Waals surface area contributed by atoms with Crippen LogP contribution in [0.25, 0.3) is 0 Å². The zero-order valence-corrected chi connectivity index (χ0v) is 16.6. The van der Waals surface area contributed by atoms with E-state index in [1.165, 1.54) is 19.3 Å². The van der Waals surface area contributed by atoms with E-state index in [1.54, 1.807) is 11.8 Å². The smallest absolute Gasteiger partial charge is 0.192 e. The van der Waals surface area contributed by atoms with Crippen molar-refractivity contribution in [3.63, 3.8) is 0 Å². The quantitative estimate of drug-likeness (QED) is 0.573. The summed E-state index contributed by atoms with van der Waals surface area (Å²) in [6.45, 7) is 15.6. The van der Waals surface area contributed by atoms with Gasteiger partial charge in [0, 0.05) is 16.6 Å². The van der Waals surface area contributed by atoms with Gasteiger partial charge in [-0.25, -0.2) is 0 Å². The van der Waals surface area contributed by atoms with E-state index in [2.05, 4.69) is 53.8 Å². The zero-order valence-electron chi connectivity index (χ0n) is 14.8. The third kappa shape index (κ3) is 5.57. The maximum atomic E-state index is 12.2. The van der Waals surface area contributed by atoms with Crippen molar-refractivity contribution in [1.82, 2.24) is 0 Å². The molecule has 21 heavy (non-hydrogen) atoms. The third-order valence-corrected chi connectivity index (χ3v) is 10.3. The molecule has 0 fully saturated rings. The molecule has 1 unspecified atom stereocenters. The summed E-state index contributed by atoms with van der Waals surface area (Å²) >= 11 is 1.74. The van der Waals surface area contributed by atoms with E-state index < -0.39 is 8.32 Å². The number of thioether (sulfide) groups is 1. The Balaban J connectivity index is 2.63. The van der Waals surface area contributed by atoms with Crippen molar-refractivity contribution in [2.45, 2.75) is 89.8 Å². The lowest BCUT2D eigenvalue weighted by Crippen LogP contribution is -2.43. The minimum atomic E-state index is -1.80. The Hall–Kier alpha value is -0.0631. The van der Waals surface area contributed by atoms with Gasteiger partial charge in [-0.2, -0.15) is 0 Å². The van der Waals surface area contributed by atoms with Crippen molar-refractivity contribution in [3.8, 4) is 0 Å². The number of Topliss-reactive ketones (excluding diaryl/α,β-unsaturated/α-hetero) is 1. The highest BCUT2D eigenvalue weighted by Crippen LogP contribution is 2.40. The Morgan fingerprint density at radius 1 is 1.43 bits per heavy atom.